The molecule has 12 rings (SSSR count). The van der Waals surface area contributed by atoms with Gasteiger partial charge in [-0.15, -0.1) is 0 Å². The summed E-state index contributed by atoms with van der Waals surface area (Å²) in [7, 11) is 0. The Kier molecular flexibility index (Phi) is 9.93. The van der Waals surface area contributed by atoms with E-state index >= 15 is 0 Å². The Morgan fingerprint density at radius 1 is 0.508 bits per heavy atom. The highest BCUT2D eigenvalue weighted by molar-refractivity contribution is 6.15. The number of dihydropyridines is 1. The molecule has 1 aliphatic heterocycles. The molecule has 7 aromatic carbocycles. The largest absolute Gasteiger partial charge is 0.276 e. The first-order chi connectivity index (χ1) is 32.0. The van der Waals surface area contributed by atoms with Gasteiger partial charge >= 0.3 is 0 Å². The zero-order valence-corrected chi connectivity index (χ0v) is 37.9. The van der Waals surface area contributed by atoms with Crippen molar-refractivity contribution in [2.45, 2.75) is 88.5 Å². The molecule has 0 radical (unpaired) electrons. The Labute approximate surface area is 386 Å². The lowest BCUT2D eigenvalue weighted by molar-refractivity contribution is 0.389. The van der Waals surface area contributed by atoms with Crippen LogP contribution >= 0.6 is 0 Å². The van der Waals surface area contributed by atoms with Crippen molar-refractivity contribution in [3.05, 3.63) is 244 Å². The second-order valence-corrected chi connectivity index (χ2v) is 19.8. The Hall–Kier alpha value is -6.57. The van der Waals surface area contributed by atoms with Crippen LogP contribution in [0, 0.1) is 5.92 Å². The van der Waals surface area contributed by atoms with Crippen molar-refractivity contribution in [2.75, 3.05) is 0 Å². The van der Waals surface area contributed by atoms with E-state index in [1.54, 1.807) is 5.57 Å². The number of benzene rings is 7. The number of allylic oxidation sites excluding steroid dienone is 5. The molecule has 5 aliphatic rings. The van der Waals surface area contributed by atoms with Crippen LogP contribution in [0.1, 0.15) is 128 Å². The van der Waals surface area contributed by atoms with Gasteiger partial charge in [-0.05, 0) is 140 Å². The molecule has 318 valence electrons. The fourth-order valence-corrected chi connectivity index (χ4v) is 12.7. The lowest BCUT2D eigenvalue weighted by Gasteiger charge is -2.46. The molecule has 1 unspecified atom stereocenters. The first-order valence-corrected chi connectivity index (χ1v) is 24.4. The molecular weight excluding hydrogens is 783 g/mol. The minimum Gasteiger partial charge on any atom is -0.276 e. The monoisotopic (exact) mass is 839 g/mol. The van der Waals surface area contributed by atoms with Gasteiger partial charge in [0.25, 0.3) is 0 Å². The van der Waals surface area contributed by atoms with E-state index < -0.39 is 5.41 Å². The zero-order valence-electron chi connectivity index (χ0n) is 37.9. The maximum absolute atomic E-state index is 5.76. The molecule has 1 heterocycles. The predicted octanol–water partition coefficient (Wildman–Crippen LogP) is 16.6. The third-order valence-electron chi connectivity index (χ3n) is 15.9. The van der Waals surface area contributed by atoms with Crippen LogP contribution < -0.4 is 0 Å². The van der Waals surface area contributed by atoms with E-state index in [0.717, 1.165) is 25.0 Å². The average molecular weight is 840 g/mol. The molecular formula is C64H57N. The zero-order chi connectivity index (χ0) is 43.5. The van der Waals surface area contributed by atoms with Gasteiger partial charge in [0, 0.05) is 11.0 Å². The molecule has 0 bridgehead atoms. The van der Waals surface area contributed by atoms with Gasteiger partial charge in [-0.2, -0.15) is 0 Å². The molecule has 1 fully saturated rings. The highest BCUT2D eigenvalue weighted by Crippen LogP contribution is 2.63. The summed E-state index contributed by atoms with van der Waals surface area (Å²) in [6.45, 7) is 4.83. The number of hydrogen-bond donors (Lipinski definition) is 0. The predicted molar refractivity (Wildman–Crippen MR) is 273 cm³/mol. The van der Waals surface area contributed by atoms with E-state index in [4.69, 9.17) is 4.99 Å². The second kappa shape index (κ2) is 16.1. The van der Waals surface area contributed by atoms with Crippen LogP contribution in [-0.4, -0.2) is 5.71 Å². The number of nitrogens with zero attached hydrogens (tertiary/aromatic N) is 1. The molecule has 1 saturated carbocycles. The molecule has 1 nitrogen and oxygen atoms in total. The van der Waals surface area contributed by atoms with E-state index in [1.165, 1.54) is 128 Å². The Morgan fingerprint density at radius 2 is 1.14 bits per heavy atom. The number of rotatable bonds is 6. The number of hydrogen-bond acceptors (Lipinski definition) is 1. The van der Waals surface area contributed by atoms with Gasteiger partial charge < -0.3 is 0 Å². The first kappa shape index (κ1) is 40.0. The van der Waals surface area contributed by atoms with Crippen molar-refractivity contribution < 1.29 is 0 Å². The molecule has 4 aliphatic carbocycles. The van der Waals surface area contributed by atoms with Crippen molar-refractivity contribution in [3.8, 4) is 33.4 Å². The van der Waals surface area contributed by atoms with Crippen LogP contribution in [0.5, 0.6) is 0 Å². The highest BCUT2D eigenvalue weighted by Gasteiger charge is 2.54. The Morgan fingerprint density at radius 3 is 1.89 bits per heavy atom. The first-order valence-electron chi connectivity index (χ1n) is 24.4. The van der Waals surface area contributed by atoms with Crippen molar-refractivity contribution in [1.82, 2.24) is 0 Å². The van der Waals surface area contributed by atoms with Crippen molar-refractivity contribution >= 4 is 11.3 Å². The van der Waals surface area contributed by atoms with Gasteiger partial charge in [-0.1, -0.05) is 215 Å². The van der Waals surface area contributed by atoms with Crippen molar-refractivity contribution in [2.24, 2.45) is 10.9 Å². The molecule has 0 saturated heterocycles. The highest BCUT2D eigenvalue weighted by atomic mass is 14.8. The van der Waals surface area contributed by atoms with Gasteiger partial charge in [0.2, 0.25) is 0 Å². The number of fused-ring (bicyclic) bond motifs is 9. The molecule has 7 aromatic rings. The van der Waals surface area contributed by atoms with Crippen LogP contribution in [0.15, 0.2) is 199 Å². The maximum atomic E-state index is 5.76. The van der Waals surface area contributed by atoms with Crippen LogP contribution in [0.3, 0.4) is 0 Å². The topological polar surface area (TPSA) is 12.4 Å². The summed E-state index contributed by atoms with van der Waals surface area (Å²) in [6.07, 6.45) is 20.4. The van der Waals surface area contributed by atoms with E-state index in [0.29, 0.717) is 5.92 Å². The summed E-state index contributed by atoms with van der Waals surface area (Å²) in [6, 6.07) is 62.7. The van der Waals surface area contributed by atoms with Gasteiger partial charge in [0.15, 0.2) is 0 Å². The number of aliphatic imine (C=N–C) groups is 1. The fourth-order valence-electron chi connectivity index (χ4n) is 12.7. The second-order valence-electron chi connectivity index (χ2n) is 19.8. The third kappa shape index (κ3) is 6.53. The van der Waals surface area contributed by atoms with Crippen molar-refractivity contribution in [1.29, 1.82) is 0 Å². The maximum Gasteiger partial charge on any atom is 0.0793 e. The molecule has 0 N–H and O–H groups in total. The molecule has 1 heteroatoms. The Bertz CT molecular complexity index is 3040. The van der Waals surface area contributed by atoms with Crippen LogP contribution in [0.2, 0.25) is 0 Å². The molecule has 1 atom stereocenters. The molecule has 0 amide bonds. The lowest BCUT2D eigenvalue weighted by Crippen LogP contribution is -2.40. The van der Waals surface area contributed by atoms with E-state index in [2.05, 4.69) is 202 Å². The van der Waals surface area contributed by atoms with E-state index in [-0.39, 0.29) is 11.5 Å². The standard InChI is InChI=1S/C64H57N/c1-63(2)55-29-15-17-31-57(55)64(58-32-18-16-30-56(58)63)54-39-38-48(44-34-36-46(37-35-44)51-27-14-13-26-50(51)45-22-7-3-4-8-23-45)40-53(54)62-52(28-19-33-59(62)64)61-42-49(43-20-9-5-10-21-43)41-60(65-61)47-24-11-6-12-25-47/h3,6-7,11-19,22,24-40,42-43,60H,4-5,8-10,20-21,23,41H2,1-2H3. The summed E-state index contributed by atoms with van der Waals surface area (Å²) in [5.41, 5.74) is 23.4. The molecule has 1 spiro atoms. The van der Waals surface area contributed by atoms with Gasteiger partial charge in [0.05, 0.1) is 17.2 Å². The fraction of sp³-hybridized carbons (Fsp3) is 0.234. The van der Waals surface area contributed by atoms with Gasteiger partial charge in [-0.3, -0.25) is 4.99 Å². The van der Waals surface area contributed by atoms with Crippen LogP contribution in [-0.2, 0) is 10.8 Å². The van der Waals surface area contributed by atoms with E-state index in [9.17, 15) is 0 Å². The molecule has 65 heavy (non-hydrogen) atoms. The smallest absolute Gasteiger partial charge is 0.0793 e. The summed E-state index contributed by atoms with van der Waals surface area (Å²) in [4.78, 5) is 5.76. The third-order valence-corrected chi connectivity index (χ3v) is 15.9. The lowest BCUT2D eigenvalue weighted by atomic mass is 9.55. The minimum atomic E-state index is -0.485. The Balaban J connectivity index is 1.06. The quantitative estimate of drug-likeness (QED) is 0.158. The van der Waals surface area contributed by atoms with E-state index in [1.807, 2.05) is 0 Å². The summed E-state index contributed by atoms with van der Waals surface area (Å²) < 4.78 is 0. The summed E-state index contributed by atoms with van der Waals surface area (Å²) in [5, 5.41) is 0. The van der Waals surface area contributed by atoms with Crippen molar-refractivity contribution in [3.63, 3.8) is 0 Å². The SMILES string of the molecule is CC1(C)c2ccccc2C2(c3ccc(-c4ccc(-c5ccccc5C5=CC=CCCC5)cc4)cc3-c3c(C4=NC(c5ccccc5)CC(C5CCCCC5)=C4)cccc32)c2ccccc21. The van der Waals surface area contributed by atoms with Crippen LogP contribution in [0.25, 0.3) is 39.0 Å². The summed E-state index contributed by atoms with van der Waals surface area (Å²) >= 11 is 0. The normalized spacial score (nSPS) is 19.2. The molecule has 0 aromatic heterocycles. The van der Waals surface area contributed by atoms with Crippen LogP contribution in [0.4, 0.5) is 0 Å². The summed E-state index contributed by atoms with van der Waals surface area (Å²) in [5.74, 6) is 0.623. The van der Waals surface area contributed by atoms with Gasteiger partial charge in [0.1, 0.15) is 0 Å². The van der Waals surface area contributed by atoms with Gasteiger partial charge in [-0.25, -0.2) is 0 Å². The minimum absolute atomic E-state index is 0.0982. The average Bonchev–Trinajstić information content (AvgIpc) is 3.47.